The summed E-state index contributed by atoms with van der Waals surface area (Å²) in [7, 11) is -3.50. The van der Waals surface area contributed by atoms with Gasteiger partial charge in [0.2, 0.25) is 10.0 Å². The van der Waals surface area contributed by atoms with Crippen LogP contribution in [0.2, 0.25) is 0 Å². The van der Waals surface area contributed by atoms with E-state index in [0.29, 0.717) is 35.3 Å². The van der Waals surface area contributed by atoms with Gasteiger partial charge in [-0.2, -0.15) is 5.10 Å². The van der Waals surface area contributed by atoms with E-state index in [4.69, 9.17) is 0 Å². The molecule has 0 saturated heterocycles. The largest absolute Gasteiger partial charge is 0.315 e. The van der Waals surface area contributed by atoms with Gasteiger partial charge in [-0.15, -0.1) is 0 Å². The smallest absolute Gasteiger partial charge is 0.244 e. The van der Waals surface area contributed by atoms with Crippen LogP contribution in [0.3, 0.4) is 0 Å². The first-order valence-corrected chi connectivity index (χ1v) is 9.02. The van der Waals surface area contributed by atoms with E-state index in [1.807, 2.05) is 6.92 Å². The molecule has 0 aliphatic carbocycles. The Morgan fingerprint density at radius 3 is 2.43 bits per heavy atom. The van der Waals surface area contributed by atoms with Gasteiger partial charge in [-0.3, -0.25) is 4.68 Å². The molecule has 0 aliphatic rings. The second-order valence-electron chi connectivity index (χ2n) is 5.72. The van der Waals surface area contributed by atoms with Crippen molar-refractivity contribution in [2.75, 3.05) is 19.6 Å². The highest BCUT2D eigenvalue weighted by molar-refractivity contribution is 7.89. The second kappa shape index (κ2) is 7.91. The molecule has 2 N–H and O–H groups in total. The molecule has 1 aromatic heterocycles. The third-order valence-corrected chi connectivity index (χ3v) is 4.85. The van der Waals surface area contributed by atoms with Crippen LogP contribution in [-0.2, 0) is 16.6 Å². The van der Waals surface area contributed by atoms with E-state index in [0.717, 1.165) is 19.5 Å². The van der Waals surface area contributed by atoms with Crippen molar-refractivity contribution in [2.24, 2.45) is 5.92 Å². The topological polar surface area (TPSA) is 76.0 Å². The first kappa shape index (κ1) is 18.1. The Balaban J connectivity index is 2.81. The molecule has 1 rings (SSSR count). The van der Waals surface area contributed by atoms with Gasteiger partial charge in [0.05, 0.1) is 11.4 Å². The van der Waals surface area contributed by atoms with E-state index in [9.17, 15) is 8.42 Å². The Hall–Kier alpha value is -0.920. The van der Waals surface area contributed by atoms with Gasteiger partial charge in [-0.05, 0) is 32.7 Å². The van der Waals surface area contributed by atoms with Gasteiger partial charge in [-0.25, -0.2) is 13.1 Å². The van der Waals surface area contributed by atoms with Crippen molar-refractivity contribution in [3.8, 4) is 0 Å². The van der Waals surface area contributed by atoms with E-state index in [1.54, 1.807) is 11.6 Å². The highest BCUT2D eigenvalue weighted by Gasteiger charge is 2.24. The average Bonchev–Trinajstić information content (AvgIpc) is 2.63. The van der Waals surface area contributed by atoms with Crippen molar-refractivity contribution in [3.63, 3.8) is 0 Å². The molecule has 0 spiro atoms. The van der Waals surface area contributed by atoms with Crippen LogP contribution < -0.4 is 10.0 Å². The monoisotopic (exact) mass is 316 g/mol. The summed E-state index contributed by atoms with van der Waals surface area (Å²) in [4.78, 5) is 0.318. The molecule has 0 fully saturated rings. The number of sulfonamides is 1. The molecule has 7 heteroatoms. The van der Waals surface area contributed by atoms with Crippen LogP contribution >= 0.6 is 0 Å². The maximum absolute atomic E-state index is 12.4. The fourth-order valence-electron chi connectivity index (χ4n) is 2.24. The minimum absolute atomic E-state index is 0.318. The molecule has 21 heavy (non-hydrogen) atoms. The van der Waals surface area contributed by atoms with Crippen molar-refractivity contribution in [2.45, 2.75) is 52.5 Å². The summed E-state index contributed by atoms with van der Waals surface area (Å²) in [5, 5.41) is 7.53. The third kappa shape index (κ3) is 5.09. The molecule has 0 atom stereocenters. The number of aromatic nitrogens is 2. The molecule has 0 saturated carbocycles. The Kier molecular flexibility index (Phi) is 6.83. The molecule has 0 unspecified atom stereocenters. The van der Waals surface area contributed by atoms with Gasteiger partial charge in [0.1, 0.15) is 4.90 Å². The summed E-state index contributed by atoms with van der Waals surface area (Å²) in [5.74, 6) is 0.421. The molecule has 0 bridgehead atoms. The summed E-state index contributed by atoms with van der Waals surface area (Å²) >= 11 is 0. The zero-order valence-corrected chi connectivity index (χ0v) is 14.5. The van der Waals surface area contributed by atoms with E-state index in [1.165, 1.54) is 0 Å². The Morgan fingerprint density at radius 2 is 1.86 bits per heavy atom. The standard InChI is InChI=1S/C14H28N4O2S/c1-6-7-15-8-9-16-21(19,20)14-12(4)17-18(13(14)5)10-11(2)3/h11,15-16H,6-10H2,1-5H3. The van der Waals surface area contributed by atoms with Crippen LogP contribution in [-0.4, -0.2) is 37.8 Å². The molecule has 1 heterocycles. The van der Waals surface area contributed by atoms with Crippen molar-refractivity contribution in [1.82, 2.24) is 19.8 Å². The predicted molar refractivity (Wildman–Crippen MR) is 84.9 cm³/mol. The first-order valence-electron chi connectivity index (χ1n) is 7.54. The van der Waals surface area contributed by atoms with Crippen LogP contribution in [0, 0.1) is 19.8 Å². The molecule has 6 nitrogen and oxygen atoms in total. The van der Waals surface area contributed by atoms with Gasteiger partial charge < -0.3 is 5.32 Å². The van der Waals surface area contributed by atoms with Gasteiger partial charge in [0, 0.05) is 19.6 Å². The minimum Gasteiger partial charge on any atom is -0.315 e. The lowest BCUT2D eigenvalue weighted by molar-refractivity contribution is 0.471. The molecule has 0 aromatic carbocycles. The maximum Gasteiger partial charge on any atom is 0.244 e. The van der Waals surface area contributed by atoms with Crippen LogP contribution in [0.15, 0.2) is 4.90 Å². The van der Waals surface area contributed by atoms with Gasteiger partial charge >= 0.3 is 0 Å². The van der Waals surface area contributed by atoms with Crippen molar-refractivity contribution in [1.29, 1.82) is 0 Å². The van der Waals surface area contributed by atoms with E-state index in [2.05, 4.69) is 35.9 Å². The van der Waals surface area contributed by atoms with Gasteiger partial charge in [-0.1, -0.05) is 20.8 Å². The van der Waals surface area contributed by atoms with E-state index in [-0.39, 0.29) is 0 Å². The number of nitrogens with one attached hydrogen (secondary N) is 2. The van der Waals surface area contributed by atoms with Crippen molar-refractivity contribution < 1.29 is 8.42 Å². The van der Waals surface area contributed by atoms with Gasteiger partial charge in [0.25, 0.3) is 0 Å². The molecular weight excluding hydrogens is 288 g/mol. The molecule has 0 aliphatic heterocycles. The van der Waals surface area contributed by atoms with Crippen LogP contribution in [0.4, 0.5) is 0 Å². The average molecular weight is 316 g/mol. The summed E-state index contributed by atoms with van der Waals surface area (Å²) in [6.07, 6.45) is 1.03. The molecule has 0 radical (unpaired) electrons. The lowest BCUT2D eigenvalue weighted by Crippen LogP contribution is -2.32. The summed E-state index contributed by atoms with van der Waals surface area (Å²) in [5.41, 5.74) is 1.26. The van der Waals surface area contributed by atoms with E-state index >= 15 is 0 Å². The number of hydrogen-bond donors (Lipinski definition) is 2. The minimum atomic E-state index is -3.50. The maximum atomic E-state index is 12.4. The lowest BCUT2D eigenvalue weighted by atomic mass is 10.2. The van der Waals surface area contributed by atoms with Crippen LogP contribution in [0.1, 0.15) is 38.6 Å². The summed E-state index contributed by atoms with van der Waals surface area (Å²) in [6, 6.07) is 0. The highest BCUT2D eigenvalue weighted by Crippen LogP contribution is 2.19. The Labute approximate surface area is 128 Å². The Bertz CT molecular complexity index is 550. The van der Waals surface area contributed by atoms with E-state index < -0.39 is 10.0 Å². The zero-order valence-electron chi connectivity index (χ0n) is 13.7. The SMILES string of the molecule is CCCNCCNS(=O)(=O)c1c(C)nn(CC(C)C)c1C. The lowest BCUT2D eigenvalue weighted by Gasteiger charge is -2.09. The summed E-state index contributed by atoms with van der Waals surface area (Å²) in [6.45, 7) is 12.4. The molecule has 0 amide bonds. The number of hydrogen-bond acceptors (Lipinski definition) is 4. The fraction of sp³-hybridized carbons (Fsp3) is 0.786. The Morgan fingerprint density at radius 1 is 1.19 bits per heavy atom. The highest BCUT2D eigenvalue weighted by atomic mass is 32.2. The second-order valence-corrected chi connectivity index (χ2v) is 7.43. The number of nitrogens with zero attached hydrogens (tertiary/aromatic N) is 2. The van der Waals surface area contributed by atoms with Gasteiger partial charge in [0.15, 0.2) is 0 Å². The van der Waals surface area contributed by atoms with Crippen LogP contribution in [0.5, 0.6) is 0 Å². The molecule has 122 valence electrons. The molecule has 1 aromatic rings. The van der Waals surface area contributed by atoms with Crippen molar-refractivity contribution >= 4 is 10.0 Å². The zero-order chi connectivity index (χ0) is 16.0. The first-order chi connectivity index (χ1) is 9.79. The quantitative estimate of drug-likeness (QED) is 0.676. The third-order valence-electron chi connectivity index (χ3n) is 3.14. The van der Waals surface area contributed by atoms with Crippen molar-refractivity contribution in [3.05, 3.63) is 11.4 Å². The predicted octanol–water partition coefficient (Wildman–Crippen LogP) is 1.43. The molecular formula is C14H28N4O2S. The number of aryl methyl sites for hydroxylation is 1. The normalized spacial score (nSPS) is 12.3. The summed E-state index contributed by atoms with van der Waals surface area (Å²) < 4.78 is 29.2. The van der Waals surface area contributed by atoms with Crippen LogP contribution in [0.25, 0.3) is 0 Å². The number of rotatable bonds is 9. The fourth-order valence-corrected chi connectivity index (χ4v) is 3.68.